The van der Waals surface area contributed by atoms with Gasteiger partial charge in [0.15, 0.2) is 5.78 Å². The smallest absolute Gasteiger partial charge is 0.303 e. The molecule has 1 unspecified atom stereocenters. The number of carbonyl (C=O) groups is 2. The SMILES string of the molecule is C[C@@H](N)C(=O)C(N)CCC(=O)O. The Labute approximate surface area is 70.7 Å². The molecule has 70 valence electrons. The van der Waals surface area contributed by atoms with Crippen LogP contribution >= 0.6 is 0 Å². The Balaban J connectivity index is 3.79. The minimum atomic E-state index is -0.956. The second-order valence-electron chi connectivity index (χ2n) is 2.73. The average Bonchev–Trinajstić information content (AvgIpc) is 1.98. The van der Waals surface area contributed by atoms with Crippen molar-refractivity contribution >= 4 is 11.8 Å². The van der Waals surface area contributed by atoms with Crippen LogP contribution in [0.5, 0.6) is 0 Å². The lowest BCUT2D eigenvalue weighted by Gasteiger charge is -2.10. The molecule has 0 saturated carbocycles. The Morgan fingerprint density at radius 2 is 1.92 bits per heavy atom. The molecule has 0 aromatic rings. The summed E-state index contributed by atoms with van der Waals surface area (Å²) < 4.78 is 0. The van der Waals surface area contributed by atoms with Crippen LogP contribution in [0, 0.1) is 0 Å². The van der Waals surface area contributed by atoms with Crippen molar-refractivity contribution in [1.82, 2.24) is 0 Å². The molecule has 12 heavy (non-hydrogen) atoms. The number of carboxylic acids is 1. The highest BCUT2D eigenvalue weighted by molar-refractivity contribution is 5.88. The lowest BCUT2D eigenvalue weighted by molar-refractivity contribution is -0.137. The van der Waals surface area contributed by atoms with Gasteiger partial charge in [-0.15, -0.1) is 0 Å². The monoisotopic (exact) mass is 174 g/mol. The first-order chi connectivity index (χ1) is 5.45. The minimum Gasteiger partial charge on any atom is -0.481 e. The lowest BCUT2D eigenvalue weighted by atomic mass is 10.0. The zero-order valence-corrected chi connectivity index (χ0v) is 6.99. The summed E-state index contributed by atoms with van der Waals surface area (Å²) in [6, 6.07) is -1.37. The van der Waals surface area contributed by atoms with Crippen molar-refractivity contribution in [3.05, 3.63) is 0 Å². The highest BCUT2D eigenvalue weighted by Gasteiger charge is 2.17. The maximum absolute atomic E-state index is 11.0. The van der Waals surface area contributed by atoms with Gasteiger partial charge in [-0.3, -0.25) is 9.59 Å². The molecule has 0 saturated heterocycles. The number of rotatable bonds is 5. The molecular weight excluding hydrogens is 160 g/mol. The molecule has 0 fully saturated rings. The van der Waals surface area contributed by atoms with Gasteiger partial charge in [-0.25, -0.2) is 0 Å². The quantitative estimate of drug-likeness (QED) is 0.500. The van der Waals surface area contributed by atoms with Crippen LogP contribution in [0.15, 0.2) is 0 Å². The van der Waals surface area contributed by atoms with Gasteiger partial charge in [0.2, 0.25) is 0 Å². The first kappa shape index (κ1) is 11.1. The number of Topliss-reactive ketones (excluding diaryl/α,β-unsaturated/α-hetero) is 1. The summed E-state index contributed by atoms with van der Waals surface area (Å²) >= 11 is 0. The summed E-state index contributed by atoms with van der Waals surface area (Å²) in [5, 5.41) is 8.28. The van der Waals surface area contributed by atoms with Crippen LogP contribution in [-0.4, -0.2) is 28.9 Å². The van der Waals surface area contributed by atoms with Crippen molar-refractivity contribution < 1.29 is 14.7 Å². The Bertz CT molecular complexity index is 179. The number of hydrogen-bond donors (Lipinski definition) is 3. The van der Waals surface area contributed by atoms with Crippen molar-refractivity contribution in [3.8, 4) is 0 Å². The van der Waals surface area contributed by atoms with Crippen LogP contribution in [0.25, 0.3) is 0 Å². The molecule has 5 nitrogen and oxygen atoms in total. The molecule has 5 heteroatoms. The highest BCUT2D eigenvalue weighted by Crippen LogP contribution is 1.97. The van der Waals surface area contributed by atoms with Crippen molar-refractivity contribution in [3.63, 3.8) is 0 Å². The van der Waals surface area contributed by atoms with Gasteiger partial charge in [0.05, 0.1) is 12.1 Å². The fourth-order valence-corrected chi connectivity index (χ4v) is 0.759. The number of aliphatic carboxylic acids is 1. The zero-order valence-electron chi connectivity index (χ0n) is 6.99. The van der Waals surface area contributed by atoms with Gasteiger partial charge in [-0.1, -0.05) is 0 Å². The molecule has 0 amide bonds. The third-order valence-corrected chi connectivity index (χ3v) is 1.48. The first-order valence-corrected chi connectivity index (χ1v) is 3.72. The third-order valence-electron chi connectivity index (χ3n) is 1.48. The summed E-state index contributed by atoms with van der Waals surface area (Å²) in [7, 11) is 0. The molecule has 0 radical (unpaired) electrons. The Kier molecular flexibility index (Phi) is 4.46. The van der Waals surface area contributed by atoms with Crippen LogP contribution in [0.3, 0.4) is 0 Å². The second kappa shape index (κ2) is 4.84. The summed E-state index contributed by atoms with van der Waals surface area (Å²) in [5.74, 6) is -1.25. The molecule has 0 heterocycles. The van der Waals surface area contributed by atoms with E-state index in [1.54, 1.807) is 0 Å². The molecule has 0 aromatic heterocycles. The molecular formula is C7H14N2O3. The van der Waals surface area contributed by atoms with Gasteiger partial charge < -0.3 is 16.6 Å². The van der Waals surface area contributed by atoms with E-state index in [9.17, 15) is 9.59 Å². The fourth-order valence-electron chi connectivity index (χ4n) is 0.759. The van der Waals surface area contributed by atoms with Gasteiger partial charge in [-0.2, -0.15) is 0 Å². The van der Waals surface area contributed by atoms with E-state index in [4.69, 9.17) is 16.6 Å². The van der Waals surface area contributed by atoms with E-state index in [1.807, 2.05) is 0 Å². The van der Waals surface area contributed by atoms with E-state index < -0.39 is 18.1 Å². The van der Waals surface area contributed by atoms with Gasteiger partial charge in [0.1, 0.15) is 0 Å². The Morgan fingerprint density at radius 1 is 1.42 bits per heavy atom. The molecule has 0 aliphatic heterocycles. The molecule has 0 aliphatic rings. The second-order valence-corrected chi connectivity index (χ2v) is 2.73. The molecule has 5 N–H and O–H groups in total. The van der Waals surface area contributed by atoms with Gasteiger partial charge in [0.25, 0.3) is 0 Å². The summed E-state index contributed by atoms with van der Waals surface area (Å²) in [6.07, 6.45) is 0.0509. The lowest BCUT2D eigenvalue weighted by Crippen LogP contribution is -2.41. The van der Waals surface area contributed by atoms with E-state index in [0.29, 0.717) is 0 Å². The molecule has 0 aromatic carbocycles. The van der Waals surface area contributed by atoms with Crippen LogP contribution in [0.2, 0.25) is 0 Å². The van der Waals surface area contributed by atoms with Gasteiger partial charge in [-0.05, 0) is 13.3 Å². The normalized spacial score (nSPS) is 15.2. The maximum atomic E-state index is 11.0. The number of ketones is 1. The predicted molar refractivity (Wildman–Crippen MR) is 43.5 cm³/mol. The summed E-state index contributed by atoms with van der Waals surface area (Å²) in [4.78, 5) is 21.1. The van der Waals surface area contributed by atoms with Crippen molar-refractivity contribution in [2.75, 3.05) is 0 Å². The van der Waals surface area contributed by atoms with Crippen molar-refractivity contribution in [1.29, 1.82) is 0 Å². The summed E-state index contributed by atoms with van der Waals surface area (Å²) in [6.45, 7) is 1.53. The number of nitrogens with two attached hydrogens (primary N) is 2. The van der Waals surface area contributed by atoms with Crippen molar-refractivity contribution in [2.45, 2.75) is 31.8 Å². The number of carboxylic acid groups (broad SMARTS) is 1. The third kappa shape index (κ3) is 4.05. The highest BCUT2D eigenvalue weighted by atomic mass is 16.4. The van der Waals surface area contributed by atoms with E-state index in [-0.39, 0.29) is 18.6 Å². The molecule has 2 atom stereocenters. The topological polar surface area (TPSA) is 106 Å². The van der Waals surface area contributed by atoms with Crippen LogP contribution in [0.4, 0.5) is 0 Å². The number of carbonyl (C=O) groups excluding carboxylic acids is 1. The van der Waals surface area contributed by atoms with E-state index in [0.717, 1.165) is 0 Å². The Morgan fingerprint density at radius 3 is 2.25 bits per heavy atom. The fraction of sp³-hybridized carbons (Fsp3) is 0.714. The summed E-state index contributed by atoms with van der Waals surface area (Å²) in [5.41, 5.74) is 10.6. The molecule has 0 bridgehead atoms. The average molecular weight is 174 g/mol. The molecule has 0 aliphatic carbocycles. The zero-order chi connectivity index (χ0) is 9.72. The van der Waals surface area contributed by atoms with Gasteiger partial charge >= 0.3 is 5.97 Å². The van der Waals surface area contributed by atoms with Crippen molar-refractivity contribution in [2.24, 2.45) is 11.5 Å². The Hall–Kier alpha value is -0.940. The van der Waals surface area contributed by atoms with Gasteiger partial charge in [0, 0.05) is 6.42 Å². The van der Waals surface area contributed by atoms with Crippen LogP contribution < -0.4 is 11.5 Å². The van der Waals surface area contributed by atoms with E-state index in [1.165, 1.54) is 6.92 Å². The molecule has 0 rings (SSSR count). The van der Waals surface area contributed by atoms with E-state index in [2.05, 4.69) is 0 Å². The van der Waals surface area contributed by atoms with E-state index >= 15 is 0 Å². The standard InChI is InChI=1S/C7H14N2O3/c1-4(8)7(12)5(9)2-3-6(10)11/h4-5H,2-3,8-9H2,1H3,(H,10,11)/t4-,5?/m1/s1. The maximum Gasteiger partial charge on any atom is 0.303 e. The predicted octanol–water partition coefficient (Wildman–Crippen LogP) is -0.905. The minimum absolute atomic E-state index is 0.0976. The van der Waals surface area contributed by atoms with Crippen LogP contribution in [0.1, 0.15) is 19.8 Å². The molecule has 0 spiro atoms. The largest absolute Gasteiger partial charge is 0.481 e. The number of hydrogen-bond acceptors (Lipinski definition) is 4. The first-order valence-electron chi connectivity index (χ1n) is 3.72. The van der Waals surface area contributed by atoms with Crippen LogP contribution in [-0.2, 0) is 9.59 Å².